The van der Waals surface area contributed by atoms with Gasteiger partial charge in [-0.25, -0.2) is 12.8 Å². The molecule has 0 aliphatic carbocycles. The van der Waals surface area contributed by atoms with Gasteiger partial charge in [0.1, 0.15) is 11.6 Å². The van der Waals surface area contributed by atoms with Gasteiger partial charge in [-0.15, -0.1) is 0 Å². The van der Waals surface area contributed by atoms with E-state index in [1.165, 1.54) is 35.2 Å². The van der Waals surface area contributed by atoms with E-state index in [2.05, 4.69) is 0 Å². The van der Waals surface area contributed by atoms with Gasteiger partial charge >= 0.3 is 0 Å². The van der Waals surface area contributed by atoms with Gasteiger partial charge in [0.15, 0.2) is 15.4 Å². The van der Waals surface area contributed by atoms with E-state index in [-0.39, 0.29) is 5.75 Å². The molecule has 1 aliphatic rings. The summed E-state index contributed by atoms with van der Waals surface area (Å²) < 4.78 is 43.0. The number of rotatable bonds is 5. The number of halogens is 2. The van der Waals surface area contributed by atoms with Crippen LogP contribution < -0.4 is 9.64 Å². The van der Waals surface area contributed by atoms with Crippen molar-refractivity contribution in [3.05, 3.63) is 70.9 Å². The molecule has 0 bridgehead atoms. The Balaban J connectivity index is 1.94. The van der Waals surface area contributed by atoms with Crippen molar-refractivity contribution in [2.45, 2.75) is 25.5 Å². The van der Waals surface area contributed by atoms with Crippen molar-refractivity contribution in [1.29, 1.82) is 0 Å². The predicted octanol–water partition coefficient (Wildman–Crippen LogP) is 3.98. The maximum absolute atomic E-state index is 13.4. The van der Waals surface area contributed by atoms with Gasteiger partial charge < -0.3 is 9.64 Å². The molecule has 1 aliphatic heterocycles. The molecule has 1 atom stereocenters. The van der Waals surface area contributed by atoms with Gasteiger partial charge in [-0.2, -0.15) is 0 Å². The summed E-state index contributed by atoms with van der Waals surface area (Å²) in [5.74, 6) is -0.715. The summed E-state index contributed by atoms with van der Waals surface area (Å²) in [6, 6.07) is 11.2. The number of amides is 1. The van der Waals surface area contributed by atoms with Crippen molar-refractivity contribution in [2.24, 2.45) is 0 Å². The van der Waals surface area contributed by atoms with Crippen LogP contribution in [0, 0.1) is 5.82 Å². The third-order valence-corrected chi connectivity index (χ3v) is 5.90. The maximum Gasteiger partial charge on any atom is 0.271 e. The number of ether oxygens (including phenoxy) is 1. The second-order valence-electron chi connectivity index (χ2n) is 6.94. The smallest absolute Gasteiger partial charge is 0.271 e. The van der Waals surface area contributed by atoms with Crippen LogP contribution in [0.3, 0.4) is 0 Å². The molecule has 28 heavy (non-hydrogen) atoms. The zero-order valence-electron chi connectivity index (χ0n) is 15.3. The third-order valence-electron chi connectivity index (χ3n) is 4.27. The Bertz CT molecular complexity index is 1000. The van der Waals surface area contributed by atoms with Crippen LogP contribution in [0.25, 0.3) is 0 Å². The SMILES string of the molecule is CC(C)(Oc1ccc(Cl)cc1)C(=O)N(c1ccc(F)cc1)C1C=CS(=O)(=O)C1. The van der Waals surface area contributed by atoms with Gasteiger partial charge in [0, 0.05) is 16.1 Å². The molecule has 3 rings (SSSR count). The van der Waals surface area contributed by atoms with Gasteiger partial charge in [-0.1, -0.05) is 11.6 Å². The van der Waals surface area contributed by atoms with E-state index >= 15 is 0 Å². The molecule has 2 aromatic carbocycles. The van der Waals surface area contributed by atoms with E-state index in [0.717, 1.165) is 5.41 Å². The molecule has 148 valence electrons. The van der Waals surface area contributed by atoms with E-state index in [9.17, 15) is 17.6 Å². The van der Waals surface area contributed by atoms with E-state index in [1.54, 1.807) is 38.1 Å². The minimum absolute atomic E-state index is 0.243. The summed E-state index contributed by atoms with van der Waals surface area (Å²) in [5, 5.41) is 1.62. The van der Waals surface area contributed by atoms with Crippen molar-refractivity contribution in [2.75, 3.05) is 10.7 Å². The summed E-state index contributed by atoms with van der Waals surface area (Å²) >= 11 is 5.88. The molecule has 0 saturated heterocycles. The number of nitrogens with zero attached hydrogens (tertiary/aromatic N) is 1. The number of anilines is 1. The van der Waals surface area contributed by atoms with E-state index in [0.29, 0.717) is 16.5 Å². The van der Waals surface area contributed by atoms with Gasteiger partial charge in [0.05, 0.1) is 11.8 Å². The standard InChI is InChI=1S/C20H19ClFNO4S/c1-20(2,27-18-9-3-14(21)4-10-18)19(24)23(16-7-5-15(22)6-8-16)17-11-12-28(25,26)13-17/h3-12,17H,13H2,1-2H3. The highest BCUT2D eigenvalue weighted by Gasteiger charge is 2.40. The predicted molar refractivity (Wildman–Crippen MR) is 107 cm³/mol. The maximum atomic E-state index is 13.4. The lowest BCUT2D eigenvalue weighted by Crippen LogP contribution is -2.53. The molecule has 0 fully saturated rings. The molecule has 0 saturated carbocycles. The average molecular weight is 424 g/mol. The lowest BCUT2D eigenvalue weighted by molar-refractivity contribution is -0.131. The van der Waals surface area contributed by atoms with Crippen LogP contribution >= 0.6 is 11.6 Å². The Morgan fingerprint density at radius 3 is 2.29 bits per heavy atom. The second kappa shape index (κ2) is 7.56. The molecule has 1 unspecified atom stereocenters. The number of sulfone groups is 1. The number of benzene rings is 2. The van der Waals surface area contributed by atoms with Crippen LogP contribution in [0.4, 0.5) is 10.1 Å². The molecule has 0 aromatic heterocycles. The van der Waals surface area contributed by atoms with Crippen molar-refractivity contribution < 1.29 is 22.3 Å². The summed E-state index contributed by atoms with van der Waals surface area (Å²) in [4.78, 5) is 14.7. The van der Waals surface area contributed by atoms with Crippen molar-refractivity contribution in [3.8, 4) is 5.75 Å². The minimum Gasteiger partial charge on any atom is -0.478 e. The van der Waals surface area contributed by atoms with Crippen molar-refractivity contribution >= 4 is 33.0 Å². The van der Waals surface area contributed by atoms with Crippen LogP contribution in [0.1, 0.15) is 13.8 Å². The van der Waals surface area contributed by atoms with Crippen LogP contribution in [0.5, 0.6) is 5.75 Å². The second-order valence-corrected chi connectivity index (χ2v) is 9.31. The van der Waals surface area contributed by atoms with Gasteiger partial charge in [0.2, 0.25) is 0 Å². The Morgan fingerprint density at radius 2 is 1.75 bits per heavy atom. The lowest BCUT2D eigenvalue weighted by atomic mass is 10.0. The van der Waals surface area contributed by atoms with Crippen molar-refractivity contribution in [3.63, 3.8) is 0 Å². The lowest BCUT2D eigenvalue weighted by Gasteiger charge is -2.35. The Kier molecular flexibility index (Phi) is 5.50. The number of hydrogen-bond acceptors (Lipinski definition) is 4. The number of carbonyl (C=O) groups is 1. The average Bonchev–Trinajstić information content (AvgIpc) is 2.98. The first-order valence-electron chi connectivity index (χ1n) is 8.52. The molecule has 1 heterocycles. The molecule has 5 nitrogen and oxygen atoms in total. The molecule has 0 N–H and O–H groups in total. The van der Waals surface area contributed by atoms with Gasteiger partial charge in [0.25, 0.3) is 5.91 Å². The van der Waals surface area contributed by atoms with Crippen LogP contribution in [0.2, 0.25) is 5.02 Å². The van der Waals surface area contributed by atoms with Crippen LogP contribution in [0.15, 0.2) is 60.0 Å². The van der Waals surface area contributed by atoms with E-state index in [1.807, 2.05) is 0 Å². The zero-order chi connectivity index (χ0) is 20.5. The first-order chi connectivity index (χ1) is 13.1. The Morgan fingerprint density at radius 1 is 1.14 bits per heavy atom. The zero-order valence-corrected chi connectivity index (χ0v) is 16.9. The summed E-state index contributed by atoms with van der Waals surface area (Å²) in [5.41, 5.74) is -0.937. The normalized spacial score (nSPS) is 18.1. The fourth-order valence-electron chi connectivity index (χ4n) is 2.91. The fraction of sp³-hybridized carbons (Fsp3) is 0.250. The first-order valence-corrected chi connectivity index (χ1v) is 10.6. The largest absolute Gasteiger partial charge is 0.478 e. The van der Waals surface area contributed by atoms with E-state index < -0.39 is 33.2 Å². The summed E-state index contributed by atoms with van der Waals surface area (Å²) in [7, 11) is -3.40. The summed E-state index contributed by atoms with van der Waals surface area (Å²) in [6.45, 7) is 3.18. The summed E-state index contributed by atoms with van der Waals surface area (Å²) in [6.07, 6.45) is 1.45. The van der Waals surface area contributed by atoms with Crippen molar-refractivity contribution in [1.82, 2.24) is 0 Å². The molecular weight excluding hydrogens is 405 g/mol. The molecule has 0 radical (unpaired) electrons. The molecular formula is C20H19ClFNO4S. The Labute approximate surface area is 168 Å². The van der Waals surface area contributed by atoms with Gasteiger partial charge in [-0.05, 0) is 68.5 Å². The molecule has 8 heteroatoms. The monoisotopic (exact) mass is 423 g/mol. The highest BCUT2D eigenvalue weighted by atomic mass is 35.5. The minimum atomic E-state index is -3.40. The Hall–Kier alpha value is -2.38. The first kappa shape index (κ1) is 20.4. The quantitative estimate of drug-likeness (QED) is 0.729. The molecule has 0 spiro atoms. The van der Waals surface area contributed by atoms with Crippen LogP contribution in [-0.4, -0.2) is 31.7 Å². The van der Waals surface area contributed by atoms with Crippen LogP contribution in [-0.2, 0) is 14.6 Å². The molecule has 2 aromatic rings. The highest BCUT2D eigenvalue weighted by Crippen LogP contribution is 2.29. The van der Waals surface area contributed by atoms with Gasteiger partial charge in [-0.3, -0.25) is 4.79 Å². The molecule has 1 amide bonds. The topological polar surface area (TPSA) is 63.7 Å². The number of carbonyl (C=O) groups excluding carboxylic acids is 1. The van der Waals surface area contributed by atoms with E-state index in [4.69, 9.17) is 16.3 Å². The fourth-order valence-corrected chi connectivity index (χ4v) is 4.31. The number of hydrogen-bond donors (Lipinski definition) is 0. The third kappa shape index (κ3) is 4.54. The highest BCUT2D eigenvalue weighted by molar-refractivity contribution is 7.94.